The third-order valence-corrected chi connectivity index (χ3v) is 5.31. The Hall–Kier alpha value is -2.99. The van der Waals surface area contributed by atoms with Crippen molar-refractivity contribution in [1.29, 1.82) is 0 Å². The lowest BCUT2D eigenvalue weighted by molar-refractivity contribution is -0.132. The summed E-state index contributed by atoms with van der Waals surface area (Å²) in [4.78, 5) is 17.1. The summed E-state index contributed by atoms with van der Waals surface area (Å²) < 4.78 is 18.6. The number of halogens is 2. The number of ether oxygens (including phenoxy) is 1. The SMILES string of the molecule is CCC(=O)N1N=C(c2ccc(F)cc2)C[C@@H]1c1cc2cc(OC)ccc2nc1Cl. The number of hydrogen-bond acceptors (Lipinski definition) is 4. The topological polar surface area (TPSA) is 54.8 Å². The van der Waals surface area contributed by atoms with E-state index in [9.17, 15) is 9.18 Å². The van der Waals surface area contributed by atoms with Gasteiger partial charge in [-0.05, 0) is 42.0 Å². The van der Waals surface area contributed by atoms with Crippen molar-refractivity contribution >= 4 is 34.1 Å². The monoisotopic (exact) mass is 411 g/mol. The Balaban J connectivity index is 1.77. The number of fused-ring (bicyclic) bond motifs is 1. The van der Waals surface area contributed by atoms with Gasteiger partial charge < -0.3 is 4.74 Å². The highest BCUT2D eigenvalue weighted by molar-refractivity contribution is 6.30. The second-order valence-corrected chi connectivity index (χ2v) is 7.15. The molecule has 0 radical (unpaired) electrons. The first kappa shape index (κ1) is 19.3. The summed E-state index contributed by atoms with van der Waals surface area (Å²) in [6.45, 7) is 1.79. The first-order valence-electron chi connectivity index (χ1n) is 9.29. The molecule has 5 nitrogen and oxygen atoms in total. The minimum absolute atomic E-state index is 0.117. The summed E-state index contributed by atoms with van der Waals surface area (Å²) in [5.41, 5.74) is 2.94. The summed E-state index contributed by atoms with van der Waals surface area (Å²) in [5, 5.41) is 7.20. The van der Waals surface area contributed by atoms with Crippen molar-refractivity contribution in [3.05, 3.63) is 70.6 Å². The van der Waals surface area contributed by atoms with E-state index in [0.29, 0.717) is 29.5 Å². The van der Waals surface area contributed by atoms with Crippen molar-refractivity contribution in [2.75, 3.05) is 7.11 Å². The van der Waals surface area contributed by atoms with Crippen LogP contribution in [0.2, 0.25) is 5.15 Å². The van der Waals surface area contributed by atoms with Crippen molar-refractivity contribution in [1.82, 2.24) is 9.99 Å². The molecule has 1 atom stereocenters. The molecule has 1 aliphatic rings. The van der Waals surface area contributed by atoms with Crippen LogP contribution in [0.3, 0.4) is 0 Å². The Labute approximate surface area is 172 Å². The van der Waals surface area contributed by atoms with Crippen molar-refractivity contribution in [3.8, 4) is 5.75 Å². The molecule has 4 rings (SSSR count). The number of benzene rings is 2. The molecule has 3 aromatic rings. The molecule has 0 bridgehead atoms. The van der Waals surface area contributed by atoms with Gasteiger partial charge in [0.2, 0.25) is 5.91 Å². The Morgan fingerprint density at radius 2 is 2.00 bits per heavy atom. The Bertz CT molecular complexity index is 1110. The molecule has 0 N–H and O–H groups in total. The molecule has 1 aromatic heterocycles. The molecule has 0 saturated heterocycles. The van der Waals surface area contributed by atoms with Crippen LogP contribution >= 0.6 is 11.6 Å². The van der Waals surface area contributed by atoms with Crippen molar-refractivity contribution in [3.63, 3.8) is 0 Å². The van der Waals surface area contributed by atoms with E-state index < -0.39 is 0 Å². The summed E-state index contributed by atoms with van der Waals surface area (Å²) in [6.07, 6.45) is 0.775. The second-order valence-electron chi connectivity index (χ2n) is 6.79. The third kappa shape index (κ3) is 3.68. The van der Waals surface area contributed by atoms with Gasteiger partial charge in [-0.25, -0.2) is 14.4 Å². The second kappa shape index (κ2) is 7.79. The number of carbonyl (C=O) groups excluding carboxylic acids is 1. The Kier molecular flexibility index (Phi) is 5.20. The molecule has 148 valence electrons. The van der Waals surface area contributed by atoms with E-state index >= 15 is 0 Å². The first-order chi connectivity index (χ1) is 14.0. The van der Waals surface area contributed by atoms with E-state index in [1.807, 2.05) is 24.3 Å². The van der Waals surface area contributed by atoms with E-state index in [0.717, 1.165) is 22.0 Å². The van der Waals surface area contributed by atoms with E-state index in [1.54, 1.807) is 26.2 Å². The molecular formula is C22H19ClFN3O2. The summed E-state index contributed by atoms with van der Waals surface area (Å²) >= 11 is 6.50. The van der Waals surface area contributed by atoms with Gasteiger partial charge in [0.05, 0.1) is 24.4 Å². The lowest BCUT2D eigenvalue weighted by Crippen LogP contribution is -2.26. The maximum atomic E-state index is 13.3. The number of nitrogens with zero attached hydrogens (tertiary/aromatic N) is 3. The van der Waals surface area contributed by atoms with Crippen molar-refractivity contribution in [2.45, 2.75) is 25.8 Å². The molecule has 0 fully saturated rings. The average molecular weight is 412 g/mol. The largest absolute Gasteiger partial charge is 0.497 e. The molecule has 1 aliphatic heterocycles. The maximum absolute atomic E-state index is 13.3. The van der Waals surface area contributed by atoms with E-state index in [-0.39, 0.29) is 17.8 Å². The van der Waals surface area contributed by atoms with Gasteiger partial charge >= 0.3 is 0 Å². The molecule has 0 saturated carbocycles. The fraction of sp³-hybridized carbons (Fsp3) is 0.227. The number of aromatic nitrogens is 1. The minimum Gasteiger partial charge on any atom is -0.497 e. The third-order valence-electron chi connectivity index (χ3n) is 5.01. The molecule has 0 spiro atoms. The normalized spacial score (nSPS) is 16.2. The summed E-state index contributed by atoms with van der Waals surface area (Å²) in [6, 6.07) is 13.2. The van der Waals surface area contributed by atoms with Crippen LogP contribution in [0.15, 0.2) is 53.6 Å². The lowest BCUT2D eigenvalue weighted by Gasteiger charge is -2.22. The molecule has 0 aliphatic carbocycles. The van der Waals surface area contributed by atoms with Crippen LogP contribution in [-0.2, 0) is 4.79 Å². The van der Waals surface area contributed by atoms with E-state index in [4.69, 9.17) is 16.3 Å². The molecule has 2 heterocycles. The summed E-state index contributed by atoms with van der Waals surface area (Å²) in [7, 11) is 1.60. The van der Waals surface area contributed by atoms with Crippen molar-refractivity contribution < 1.29 is 13.9 Å². The van der Waals surface area contributed by atoms with Crippen LogP contribution in [-0.4, -0.2) is 28.7 Å². The highest BCUT2D eigenvalue weighted by Crippen LogP contribution is 2.38. The van der Waals surface area contributed by atoms with Gasteiger partial charge in [0.1, 0.15) is 16.7 Å². The molecule has 1 amide bonds. The molecule has 7 heteroatoms. The predicted octanol–water partition coefficient (Wildman–Crippen LogP) is 5.12. The Morgan fingerprint density at radius 3 is 2.69 bits per heavy atom. The zero-order chi connectivity index (χ0) is 20.5. The molecule has 29 heavy (non-hydrogen) atoms. The number of carbonyl (C=O) groups is 1. The van der Waals surface area contributed by atoms with E-state index in [2.05, 4.69) is 10.1 Å². The fourth-order valence-electron chi connectivity index (χ4n) is 3.47. The van der Waals surface area contributed by atoms with Crippen LogP contribution in [0.4, 0.5) is 4.39 Å². The van der Waals surface area contributed by atoms with Crippen LogP contribution < -0.4 is 4.74 Å². The molecular weight excluding hydrogens is 393 g/mol. The van der Waals surface area contributed by atoms with Gasteiger partial charge in [-0.15, -0.1) is 0 Å². The smallest absolute Gasteiger partial charge is 0.242 e. The average Bonchev–Trinajstić information content (AvgIpc) is 3.18. The number of hydrogen-bond donors (Lipinski definition) is 0. The molecule has 0 unspecified atom stereocenters. The predicted molar refractivity (Wildman–Crippen MR) is 111 cm³/mol. The number of rotatable bonds is 4. The van der Waals surface area contributed by atoms with Gasteiger partial charge in [0, 0.05) is 23.8 Å². The van der Waals surface area contributed by atoms with Crippen LogP contribution in [0, 0.1) is 5.82 Å². The van der Waals surface area contributed by atoms with Gasteiger partial charge in [-0.2, -0.15) is 5.10 Å². The quantitative estimate of drug-likeness (QED) is 0.559. The van der Waals surface area contributed by atoms with Crippen LogP contribution in [0.1, 0.15) is 36.9 Å². The Morgan fingerprint density at radius 1 is 1.24 bits per heavy atom. The minimum atomic E-state index is -0.377. The number of methoxy groups -OCH3 is 1. The van der Waals surface area contributed by atoms with Gasteiger partial charge in [0.25, 0.3) is 0 Å². The zero-order valence-corrected chi connectivity index (χ0v) is 16.8. The van der Waals surface area contributed by atoms with Crippen LogP contribution in [0.25, 0.3) is 10.9 Å². The van der Waals surface area contributed by atoms with Gasteiger partial charge in [0.15, 0.2) is 0 Å². The lowest BCUT2D eigenvalue weighted by atomic mass is 9.98. The van der Waals surface area contributed by atoms with Crippen molar-refractivity contribution in [2.24, 2.45) is 5.10 Å². The highest BCUT2D eigenvalue weighted by Gasteiger charge is 2.34. The number of hydrazone groups is 1. The zero-order valence-electron chi connectivity index (χ0n) is 16.0. The number of pyridine rings is 1. The standard InChI is InChI=1S/C22H19ClFN3O2/c1-3-21(28)27-20(12-19(26-27)13-4-6-15(24)7-5-13)17-11-14-10-16(29-2)8-9-18(14)25-22(17)23/h4-11,20H,3,12H2,1-2H3/t20-/m1/s1. The molecule has 2 aromatic carbocycles. The summed E-state index contributed by atoms with van der Waals surface area (Å²) in [5.74, 6) is 0.277. The first-order valence-corrected chi connectivity index (χ1v) is 9.67. The van der Waals surface area contributed by atoms with E-state index in [1.165, 1.54) is 17.1 Å². The maximum Gasteiger partial charge on any atom is 0.242 e. The fourth-order valence-corrected chi connectivity index (χ4v) is 3.74. The van der Waals surface area contributed by atoms with Gasteiger partial charge in [-0.3, -0.25) is 4.79 Å². The number of amides is 1. The highest BCUT2D eigenvalue weighted by atomic mass is 35.5. The van der Waals surface area contributed by atoms with Gasteiger partial charge in [-0.1, -0.05) is 30.7 Å². The van der Waals surface area contributed by atoms with Crippen LogP contribution in [0.5, 0.6) is 5.75 Å².